The van der Waals surface area contributed by atoms with E-state index in [4.69, 9.17) is 4.42 Å². The number of furan rings is 1. The van der Waals surface area contributed by atoms with Gasteiger partial charge in [0.1, 0.15) is 11.3 Å². The average Bonchev–Trinajstić information content (AvgIpc) is 2.92. The van der Waals surface area contributed by atoms with Crippen molar-refractivity contribution in [1.82, 2.24) is 0 Å². The Balaban J connectivity index is 2.14. The number of aryl methyl sites for hydroxylation is 1. The smallest absolute Gasteiger partial charge is 0.314 e. The zero-order valence-electron chi connectivity index (χ0n) is 10.4. The van der Waals surface area contributed by atoms with Crippen LogP contribution in [-0.2, 0) is 10.2 Å². The number of carboxylic acids is 1. The Bertz CT molecular complexity index is 603. The maximum Gasteiger partial charge on any atom is 0.314 e. The topological polar surface area (TPSA) is 50.4 Å². The summed E-state index contributed by atoms with van der Waals surface area (Å²) in [6.07, 6.45) is 3.43. The van der Waals surface area contributed by atoms with Crippen LogP contribution in [0.5, 0.6) is 0 Å². The maximum absolute atomic E-state index is 11.6. The van der Waals surface area contributed by atoms with Crippen LogP contribution >= 0.6 is 0 Å². The van der Waals surface area contributed by atoms with Crippen molar-refractivity contribution in [3.8, 4) is 0 Å². The van der Waals surface area contributed by atoms with Crippen molar-refractivity contribution < 1.29 is 14.3 Å². The predicted octanol–water partition coefficient (Wildman–Crippen LogP) is 3.64. The first kappa shape index (κ1) is 11.3. The molecule has 0 aliphatic heterocycles. The standard InChI is InChI=1S/C15H16O3/c1-10-8-11-4-5-12(9-13(11)18-10)15(14(16)17)6-2-3-7-15/h4-5,8-9H,2-3,6-7H2,1H3,(H,16,17). The molecule has 0 radical (unpaired) electrons. The number of carboxylic acid groups (broad SMARTS) is 1. The number of hydrogen-bond donors (Lipinski definition) is 1. The SMILES string of the molecule is Cc1cc2ccc(C3(C(=O)O)CCCC3)cc2o1. The highest BCUT2D eigenvalue weighted by atomic mass is 16.4. The lowest BCUT2D eigenvalue weighted by atomic mass is 9.79. The number of benzene rings is 1. The molecule has 0 atom stereocenters. The van der Waals surface area contributed by atoms with E-state index in [1.807, 2.05) is 31.2 Å². The van der Waals surface area contributed by atoms with E-state index in [0.29, 0.717) is 0 Å². The summed E-state index contributed by atoms with van der Waals surface area (Å²) in [6, 6.07) is 7.78. The average molecular weight is 244 g/mol. The van der Waals surface area contributed by atoms with Gasteiger partial charge in [-0.05, 0) is 37.5 Å². The summed E-state index contributed by atoms with van der Waals surface area (Å²) < 4.78 is 5.60. The summed E-state index contributed by atoms with van der Waals surface area (Å²) in [5, 5.41) is 10.6. The second-order valence-electron chi connectivity index (χ2n) is 5.20. The fraction of sp³-hybridized carbons (Fsp3) is 0.400. The van der Waals surface area contributed by atoms with Crippen molar-refractivity contribution in [2.24, 2.45) is 0 Å². The first-order valence-corrected chi connectivity index (χ1v) is 6.36. The van der Waals surface area contributed by atoms with E-state index in [2.05, 4.69) is 0 Å². The zero-order chi connectivity index (χ0) is 12.8. The van der Waals surface area contributed by atoms with Crippen LogP contribution in [0.15, 0.2) is 28.7 Å². The van der Waals surface area contributed by atoms with Crippen LogP contribution in [0, 0.1) is 6.92 Å². The molecule has 3 rings (SSSR count). The summed E-state index contributed by atoms with van der Waals surface area (Å²) in [6.45, 7) is 1.90. The van der Waals surface area contributed by atoms with Gasteiger partial charge in [-0.3, -0.25) is 4.79 Å². The van der Waals surface area contributed by atoms with Gasteiger partial charge in [0, 0.05) is 5.39 Å². The minimum Gasteiger partial charge on any atom is -0.481 e. The molecule has 0 unspecified atom stereocenters. The number of fused-ring (bicyclic) bond motifs is 1. The van der Waals surface area contributed by atoms with Crippen LogP contribution in [0.3, 0.4) is 0 Å². The van der Waals surface area contributed by atoms with Gasteiger partial charge in [-0.15, -0.1) is 0 Å². The largest absolute Gasteiger partial charge is 0.481 e. The van der Waals surface area contributed by atoms with Crippen LogP contribution in [0.4, 0.5) is 0 Å². The van der Waals surface area contributed by atoms with Crippen LogP contribution in [-0.4, -0.2) is 11.1 Å². The molecule has 1 aromatic carbocycles. The fourth-order valence-corrected chi connectivity index (χ4v) is 3.07. The van der Waals surface area contributed by atoms with Crippen molar-refractivity contribution in [2.45, 2.75) is 38.0 Å². The van der Waals surface area contributed by atoms with E-state index in [9.17, 15) is 9.90 Å². The van der Waals surface area contributed by atoms with Gasteiger partial charge in [-0.25, -0.2) is 0 Å². The maximum atomic E-state index is 11.6. The van der Waals surface area contributed by atoms with Crippen LogP contribution in [0.2, 0.25) is 0 Å². The molecule has 1 fully saturated rings. The lowest BCUT2D eigenvalue weighted by molar-refractivity contribution is -0.143. The van der Waals surface area contributed by atoms with E-state index in [1.165, 1.54) is 0 Å². The third-order valence-corrected chi connectivity index (χ3v) is 4.06. The Morgan fingerprint density at radius 1 is 1.28 bits per heavy atom. The van der Waals surface area contributed by atoms with Crippen molar-refractivity contribution in [2.75, 3.05) is 0 Å². The molecule has 18 heavy (non-hydrogen) atoms. The van der Waals surface area contributed by atoms with Gasteiger partial charge in [0.25, 0.3) is 0 Å². The molecule has 0 bridgehead atoms. The Hall–Kier alpha value is -1.77. The molecular weight excluding hydrogens is 228 g/mol. The highest BCUT2D eigenvalue weighted by Gasteiger charge is 2.43. The Kier molecular flexibility index (Phi) is 2.44. The van der Waals surface area contributed by atoms with Crippen molar-refractivity contribution in [3.63, 3.8) is 0 Å². The Labute approximate surface area is 105 Å². The van der Waals surface area contributed by atoms with E-state index >= 15 is 0 Å². The van der Waals surface area contributed by atoms with E-state index in [1.54, 1.807) is 0 Å². The molecule has 0 amide bonds. The quantitative estimate of drug-likeness (QED) is 0.877. The number of aliphatic carboxylic acids is 1. The normalized spacial score (nSPS) is 18.3. The number of carbonyl (C=O) groups is 1. The molecule has 2 aromatic rings. The molecule has 1 aliphatic rings. The van der Waals surface area contributed by atoms with Gasteiger partial charge in [0.15, 0.2) is 0 Å². The molecular formula is C15H16O3. The molecule has 3 heteroatoms. The van der Waals surface area contributed by atoms with Gasteiger partial charge in [0.05, 0.1) is 5.41 Å². The lowest BCUT2D eigenvalue weighted by Crippen LogP contribution is -2.32. The summed E-state index contributed by atoms with van der Waals surface area (Å²) in [5.41, 5.74) is 0.974. The summed E-state index contributed by atoms with van der Waals surface area (Å²) >= 11 is 0. The minimum absolute atomic E-state index is 0.700. The molecule has 1 aliphatic carbocycles. The molecule has 3 nitrogen and oxygen atoms in total. The Morgan fingerprint density at radius 2 is 2.00 bits per heavy atom. The van der Waals surface area contributed by atoms with Crippen molar-refractivity contribution in [1.29, 1.82) is 0 Å². The first-order valence-electron chi connectivity index (χ1n) is 6.36. The van der Waals surface area contributed by atoms with Crippen LogP contribution in [0.1, 0.15) is 37.0 Å². The third kappa shape index (κ3) is 1.54. The van der Waals surface area contributed by atoms with Crippen molar-refractivity contribution >= 4 is 16.9 Å². The molecule has 1 N–H and O–H groups in total. The summed E-state index contributed by atoms with van der Waals surface area (Å²) in [7, 11) is 0. The van der Waals surface area contributed by atoms with E-state index < -0.39 is 11.4 Å². The Morgan fingerprint density at radius 3 is 2.67 bits per heavy atom. The van der Waals surface area contributed by atoms with Crippen LogP contribution < -0.4 is 0 Å². The van der Waals surface area contributed by atoms with Crippen LogP contribution in [0.25, 0.3) is 11.0 Å². The molecule has 1 aromatic heterocycles. The van der Waals surface area contributed by atoms with E-state index in [-0.39, 0.29) is 0 Å². The summed E-state index contributed by atoms with van der Waals surface area (Å²) in [4.78, 5) is 11.6. The number of rotatable bonds is 2. The summed E-state index contributed by atoms with van der Waals surface area (Å²) in [5.74, 6) is 0.153. The predicted molar refractivity (Wildman–Crippen MR) is 68.7 cm³/mol. The minimum atomic E-state index is -0.706. The molecule has 1 heterocycles. The third-order valence-electron chi connectivity index (χ3n) is 4.06. The number of hydrogen-bond acceptors (Lipinski definition) is 2. The molecule has 0 spiro atoms. The van der Waals surface area contributed by atoms with Gasteiger partial charge < -0.3 is 9.52 Å². The van der Waals surface area contributed by atoms with Gasteiger partial charge in [-0.2, -0.15) is 0 Å². The van der Waals surface area contributed by atoms with E-state index in [0.717, 1.165) is 48.0 Å². The first-order chi connectivity index (χ1) is 8.62. The zero-order valence-corrected chi connectivity index (χ0v) is 10.4. The molecule has 0 saturated heterocycles. The van der Waals surface area contributed by atoms with Gasteiger partial charge in [0.2, 0.25) is 0 Å². The molecule has 1 saturated carbocycles. The second kappa shape index (κ2) is 3.87. The monoisotopic (exact) mass is 244 g/mol. The van der Waals surface area contributed by atoms with Crippen molar-refractivity contribution in [3.05, 3.63) is 35.6 Å². The van der Waals surface area contributed by atoms with Gasteiger partial charge in [-0.1, -0.05) is 25.0 Å². The molecule has 94 valence electrons. The lowest BCUT2D eigenvalue weighted by Gasteiger charge is -2.24. The highest BCUT2D eigenvalue weighted by Crippen LogP contribution is 2.42. The fourth-order valence-electron chi connectivity index (χ4n) is 3.07. The van der Waals surface area contributed by atoms with Gasteiger partial charge >= 0.3 is 5.97 Å². The highest BCUT2D eigenvalue weighted by molar-refractivity contribution is 5.85. The second-order valence-corrected chi connectivity index (χ2v) is 5.20.